The molecule has 1 N–H and O–H groups in total. The lowest BCUT2D eigenvalue weighted by molar-refractivity contribution is 0.436. The summed E-state index contributed by atoms with van der Waals surface area (Å²) in [6.45, 7) is 11.9. The fraction of sp³-hybridized carbons (Fsp3) is 0.750. The average Bonchev–Trinajstić information content (AvgIpc) is 2.44. The molecule has 1 aliphatic heterocycles. The van der Waals surface area contributed by atoms with Crippen molar-refractivity contribution in [2.45, 2.75) is 53.4 Å². The van der Waals surface area contributed by atoms with Gasteiger partial charge in [-0.25, -0.2) is 9.97 Å². The van der Waals surface area contributed by atoms with Crippen molar-refractivity contribution in [3.63, 3.8) is 0 Å². The molecule has 0 radical (unpaired) electrons. The number of aromatic nitrogens is 2. The predicted molar refractivity (Wildman–Crippen MR) is 85.5 cm³/mol. The zero-order valence-electron chi connectivity index (χ0n) is 13.4. The second kappa shape index (κ2) is 6.91. The van der Waals surface area contributed by atoms with E-state index in [0.29, 0.717) is 0 Å². The first-order valence-electron chi connectivity index (χ1n) is 8.02. The summed E-state index contributed by atoms with van der Waals surface area (Å²) in [6.07, 6.45) is 4.58. The molecule has 2 heterocycles. The molecule has 0 atom stereocenters. The Bertz CT molecular complexity index is 436. The molecule has 112 valence electrons. The molecule has 20 heavy (non-hydrogen) atoms. The summed E-state index contributed by atoms with van der Waals surface area (Å²) in [5.74, 6) is 3.98. The number of aryl methyl sites for hydroxylation is 1. The van der Waals surface area contributed by atoms with Crippen LogP contribution >= 0.6 is 0 Å². The quantitative estimate of drug-likeness (QED) is 0.895. The van der Waals surface area contributed by atoms with Gasteiger partial charge in [0.15, 0.2) is 0 Å². The van der Waals surface area contributed by atoms with Gasteiger partial charge >= 0.3 is 0 Å². The van der Waals surface area contributed by atoms with E-state index in [1.165, 1.54) is 18.4 Å². The van der Waals surface area contributed by atoms with Gasteiger partial charge in [0.05, 0.1) is 0 Å². The first-order valence-corrected chi connectivity index (χ1v) is 8.02. The third kappa shape index (κ3) is 3.41. The maximum absolute atomic E-state index is 4.83. The van der Waals surface area contributed by atoms with Gasteiger partial charge in [-0.1, -0.05) is 13.8 Å². The van der Waals surface area contributed by atoms with E-state index in [2.05, 4.69) is 42.9 Å². The molecule has 2 rings (SSSR count). The van der Waals surface area contributed by atoms with Crippen molar-refractivity contribution >= 4 is 11.6 Å². The molecular weight excluding hydrogens is 248 g/mol. The van der Waals surface area contributed by atoms with E-state index in [9.17, 15) is 0 Å². The molecule has 1 aromatic rings. The minimum absolute atomic E-state index is 0.844. The fourth-order valence-corrected chi connectivity index (χ4v) is 2.75. The molecule has 0 spiro atoms. The Balaban J connectivity index is 2.29. The molecule has 0 amide bonds. The molecule has 0 saturated carbocycles. The van der Waals surface area contributed by atoms with Crippen molar-refractivity contribution < 1.29 is 0 Å². The van der Waals surface area contributed by atoms with Crippen LogP contribution in [-0.2, 0) is 6.42 Å². The first kappa shape index (κ1) is 15.1. The topological polar surface area (TPSA) is 41.1 Å². The number of hydrogen-bond acceptors (Lipinski definition) is 4. The van der Waals surface area contributed by atoms with Crippen LogP contribution in [0.1, 0.15) is 51.4 Å². The summed E-state index contributed by atoms with van der Waals surface area (Å²) >= 11 is 0. The highest BCUT2D eigenvalue weighted by molar-refractivity contribution is 5.58. The summed E-state index contributed by atoms with van der Waals surface area (Å²) in [5, 5.41) is 3.39. The molecule has 1 saturated heterocycles. The highest BCUT2D eigenvalue weighted by Gasteiger charge is 2.21. The zero-order valence-corrected chi connectivity index (χ0v) is 13.4. The lowest BCUT2D eigenvalue weighted by Gasteiger charge is -2.32. The first-order chi connectivity index (χ1) is 9.65. The van der Waals surface area contributed by atoms with Crippen LogP contribution in [0.3, 0.4) is 0 Å². The van der Waals surface area contributed by atoms with E-state index in [1.54, 1.807) is 0 Å². The fourth-order valence-electron chi connectivity index (χ4n) is 2.75. The molecule has 0 aromatic carbocycles. The second-order valence-electron chi connectivity index (χ2n) is 5.89. The summed E-state index contributed by atoms with van der Waals surface area (Å²) in [6, 6.07) is 0. The van der Waals surface area contributed by atoms with Crippen LogP contribution in [0, 0.1) is 12.8 Å². The Kier molecular flexibility index (Phi) is 5.21. The van der Waals surface area contributed by atoms with E-state index in [4.69, 9.17) is 4.98 Å². The molecule has 0 aliphatic carbocycles. The standard InChI is InChI=1S/C16H28N4/c1-5-7-14-18-15(17-6-2)13(4)16(19-14)20-10-8-12(3)9-11-20/h12H,5-11H2,1-4H3,(H,17,18,19). The zero-order chi connectivity index (χ0) is 14.5. The third-order valence-corrected chi connectivity index (χ3v) is 4.07. The Morgan fingerprint density at radius 3 is 2.50 bits per heavy atom. The SMILES string of the molecule is CCCc1nc(NCC)c(C)c(N2CCC(C)CC2)n1. The van der Waals surface area contributed by atoms with Crippen LogP contribution in [0.15, 0.2) is 0 Å². The maximum Gasteiger partial charge on any atom is 0.137 e. The maximum atomic E-state index is 4.83. The van der Waals surface area contributed by atoms with Crippen LogP contribution in [0.4, 0.5) is 11.6 Å². The van der Waals surface area contributed by atoms with Crippen molar-refractivity contribution in [2.75, 3.05) is 29.9 Å². The molecular formula is C16H28N4. The van der Waals surface area contributed by atoms with Crippen molar-refractivity contribution in [3.8, 4) is 0 Å². The van der Waals surface area contributed by atoms with Crippen molar-refractivity contribution in [3.05, 3.63) is 11.4 Å². The molecule has 0 unspecified atom stereocenters. The lowest BCUT2D eigenvalue weighted by Crippen LogP contribution is -2.34. The smallest absolute Gasteiger partial charge is 0.137 e. The van der Waals surface area contributed by atoms with E-state index >= 15 is 0 Å². The van der Waals surface area contributed by atoms with E-state index in [-0.39, 0.29) is 0 Å². The van der Waals surface area contributed by atoms with E-state index in [1.807, 2.05) is 0 Å². The number of hydrogen-bond donors (Lipinski definition) is 1. The Morgan fingerprint density at radius 2 is 1.90 bits per heavy atom. The van der Waals surface area contributed by atoms with Crippen molar-refractivity contribution in [1.82, 2.24) is 9.97 Å². The Morgan fingerprint density at radius 1 is 1.20 bits per heavy atom. The minimum atomic E-state index is 0.844. The number of anilines is 2. The van der Waals surface area contributed by atoms with Gasteiger partial charge in [0, 0.05) is 31.6 Å². The van der Waals surface area contributed by atoms with Crippen molar-refractivity contribution in [2.24, 2.45) is 5.92 Å². The van der Waals surface area contributed by atoms with Gasteiger partial charge in [0.25, 0.3) is 0 Å². The summed E-state index contributed by atoms with van der Waals surface area (Å²) < 4.78 is 0. The molecule has 4 nitrogen and oxygen atoms in total. The Labute approximate surface area is 123 Å². The average molecular weight is 276 g/mol. The minimum Gasteiger partial charge on any atom is -0.370 e. The monoisotopic (exact) mass is 276 g/mol. The number of nitrogens with zero attached hydrogens (tertiary/aromatic N) is 3. The van der Waals surface area contributed by atoms with Crippen LogP contribution in [-0.4, -0.2) is 29.6 Å². The molecule has 4 heteroatoms. The van der Waals surface area contributed by atoms with Crippen LogP contribution in [0.25, 0.3) is 0 Å². The van der Waals surface area contributed by atoms with Crippen LogP contribution in [0.5, 0.6) is 0 Å². The summed E-state index contributed by atoms with van der Waals surface area (Å²) in [7, 11) is 0. The number of rotatable bonds is 5. The molecule has 1 aromatic heterocycles. The van der Waals surface area contributed by atoms with Gasteiger partial charge < -0.3 is 10.2 Å². The van der Waals surface area contributed by atoms with Gasteiger partial charge in [-0.05, 0) is 39.0 Å². The van der Waals surface area contributed by atoms with Gasteiger partial charge in [0.1, 0.15) is 17.5 Å². The van der Waals surface area contributed by atoms with Gasteiger partial charge in [-0.15, -0.1) is 0 Å². The molecule has 0 bridgehead atoms. The van der Waals surface area contributed by atoms with Gasteiger partial charge in [-0.3, -0.25) is 0 Å². The van der Waals surface area contributed by atoms with E-state index in [0.717, 1.165) is 55.9 Å². The van der Waals surface area contributed by atoms with Gasteiger partial charge in [-0.2, -0.15) is 0 Å². The molecule has 1 fully saturated rings. The highest BCUT2D eigenvalue weighted by Crippen LogP contribution is 2.28. The normalized spacial score (nSPS) is 16.5. The Hall–Kier alpha value is -1.32. The van der Waals surface area contributed by atoms with Crippen molar-refractivity contribution in [1.29, 1.82) is 0 Å². The number of nitrogens with one attached hydrogen (secondary N) is 1. The van der Waals surface area contributed by atoms with Crippen LogP contribution < -0.4 is 10.2 Å². The molecule has 1 aliphatic rings. The highest BCUT2D eigenvalue weighted by atomic mass is 15.2. The summed E-state index contributed by atoms with van der Waals surface area (Å²) in [5.41, 5.74) is 1.20. The summed E-state index contributed by atoms with van der Waals surface area (Å²) in [4.78, 5) is 11.9. The predicted octanol–water partition coefficient (Wildman–Crippen LogP) is 3.41. The lowest BCUT2D eigenvalue weighted by atomic mass is 9.99. The second-order valence-corrected chi connectivity index (χ2v) is 5.89. The van der Waals surface area contributed by atoms with E-state index < -0.39 is 0 Å². The number of piperidine rings is 1. The third-order valence-electron chi connectivity index (χ3n) is 4.07. The van der Waals surface area contributed by atoms with Gasteiger partial charge in [0.2, 0.25) is 0 Å². The van der Waals surface area contributed by atoms with Crippen LogP contribution in [0.2, 0.25) is 0 Å². The largest absolute Gasteiger partial charge is 0.370 e.